The quantitative estimate of drug-likeness (QED) is 0.847. The minimum atomic E-state index is 0.352. The molecule has 3 nitrogen and oxygen atoms in total. The standard InChI is InChI=1S/C13H23N3S/c1-11-8-17-12(16-11)7-15-10-13(9-14)5-3-2-4-6-13/h8,15H,2-7,9-10,14H2,1H3. The normalized spacial score (nSPS) is 19.4. The molecule has 0 radical (unpaired) electrons. The van der Waals surface area contributed by atoms with Crippen LogP contribution in [0.2, 0.25) is 0 Å². The highest BCUT2D eigenvalue weighted by Gasteiger charge is 2.29. The van der Waals surface area contributed by atoms with Crippen molar-refractivity contribution in [1.82, 2.24) is 10.3 Å². The summed E-state index contributed by atoms with van der Waals surface area (Å²) in [5, 5.41) is 6.84. The highest BCUT2D eigenvalue weighted by molar-refractivity contribution is 7.09. The third-order valence-electron chi connectivity index (χ3n) is 3.79. The SMILES string of the molecule is Cc1csc(CNCC2(CN)CCCCC2)n1. The summed E-state index contributed by atoms with van der Waals surface area (Å²) in [5.41, 5.74) is 7.44. The molecule has 0 aliphatic heterocycles. The Hall–Kier alpha value is -0.450. The first kappa shape index (κ1) is 13.0. The topological polar surface area (TPSA) is 50.9 Å². The number of hydrogen-bond acceptors (Lipinski definition) is 4. The van der Waals surface area contributed by atoms with Crippen molar-refractivity contribution in [2.24, 2.45) is 11.1 Å². The van der Waals surface area contributed by atoms with E-state index in [9.17, 15) is 0 Å². The second-order valence-electron chi connectivity index (χ2n) is 5.25. The van der Waals surface area contributed by atoms with E-state index in [4.69, 9.17) is 5.73 Å². The predicted molar refractivity (Wildman–Crippen MR) is 73.1 cm³/mol. The largest absolute Gasteiger partial charge is 0.330 e. The van der Waals surface area contributed by atoms with E-state index in [0.717, 1.165) is 25.3 Å². The first-order valence-corrected chi connectivity index (χ1v) is 7.44. The van der Waals surface area contributed by atoms with Crippen LogP contribution in [0.25, 0.3) is 0 Å². The Balaban J connectivity index is 1.79. The number of nitrogens with two attached hydrogens (primary N) is 1. The monoisotopic (exact) mass is 253 g/mol. The molecule has 0 saturated heterocycles. The zero-order valence-corrected chi connectivity index (χ0v) is 11.5. The molecule has 1 aliphatic rings. The molecule has 17 heavy (non-hydrogen) atoms. The van der Waals surface area contributed by atoms with Crippen LogP contribution in [0.5, 0.6) is 0 Å². The molecule has 0 amide bonds. The Morgan fingerprint density at radius 3 is 2.76 bits per heavy atom. The minimum Gasteiger partial charge on any atom is -0.330 e. The van der Waals surface area contributed by atoms with Crippen LogP contribution in [0.4, 0.5) is 0 Å². The second kappa shape index (κ2) is 5.94. The molecule has 0 atom stereocenters. The summed E-state index contributed by atoms with van der Waals surface area (Å²) >= 11 is 1.74. The highest BCUT2D eigenvalue weighted by atomic mass is 32.1. The lowest BCUT2D eigenvalue weighted by atomic mass is 9.74. The van der Waals surface area contributed by atoms with Gasteiger partial charge in [0.25, 0.3) is 0 Å². The van der Waals surface area contributed by atoms with Crippen molar-refractivity contribution in [1.29, 1.82) is 0 Å². The average Bonchev–Trinajstić information content (AvgIpc) is 2.76. The molecule has 0 spiro atoms. The van der Waals surface area contributed by atoms with E-state index in [1.807, 2.05) is 6.92 Å². The zero-order chi connectivity index (χ0) is 12.1. The average molecular weight is 253 g/mol. The Kier molecular flexibility index (Phi) is 4.54. The van der Waals surface area contributed by atoms with Crippen molar-refractivity contribution < 1.29 is 0 Å². The molecule has 1 aromatic rings. The summed E-state index contributed by atoms with van der Waals surface area (Å²) in [6, 6.07) is 0. The predicted octanol–water partition coefficient (Wildman–Crippen LogP) is 2.45. The molecule has 1 fully saturated rings. The van der Waals surface area contributed by atoms with E-state index >= 15 is 0 Å². The lowest BCUT2D eigenvalue weighted by Crippen LogP contribution is -2.41. The number of thiazole rings is 1. The summed E-state index contributed by atoms with van der Waals surface area (Å²) < 4.78 is 0. The van der Waals surface area contributed by atoms with Gasteiger partial charge in [-0.25, -0.2) is 4.98 Å². The number of hydrogen-bond donors (Lipinski definition) is 2. The molecule has 0 aromatic carbocycles. The summed E-state index contributed by atoms with van der Waals surface area (Å²) in [4.78, 5) is 4.47. The van der Waals surface area contributed by atoms with Gasteiger partial charge in [-0.2, -0.15) is 0 Å². The Labute approximate surface area is 108 Å². The maximum atomic E-state index is 5.97. The first-order valence-electron chi connectivity index (χ1n) is 6.56. The van der Waals surface area contributed by atoms with Gasteiger partial charge in [0.15, 0.2) is 0 Å². The van der Waals surface area contributed by atoms with Gasteiger partial charge in [0, 0.05) is 24.2 Å². The number of nitrogens with zero attached hydrogens (tertiary/aromatic N) is 1. The molecule has 3 N–H and O–H groups in total. The third kappa shape index (κ3) is 3.50. The van der Waals surface area contributed by atoms with Gasteiger partial charge >= 0.3 is 0 Å². The molecule has 0 bridgehead atoms. The molecule has 1 aliphatic carbocycles. The maximum Gasteiger partial charge on any atom is 0.107 e. The fourth-order valence-corrected chi connectivity index (χ4v) is 3.41. The molecule has 2 rings (SSSR count). The van der Waals surface area contributed by atoms with Gasteiger partial charge in [-0.3, -0.25) is 0 Å². The maximum absolute atomic E-state index is 5.97. The number of aryl methyl sites for hydroxylation is 1. The van der Waals surface area contributed by atoms with Crippen LogP contribution in [0.1, 0.15) is 42.8 Å². The molecule has 0 unspecified atom stereocenters. The first-order chi connectivity index (χ1) is 8.24. The van der Waals surface area contributed by atoms with Gasteiger partial charge in [0.1, 0.15) is 5.01 Å². The van der Waals surface area contributed by atoms with Crippen LogP contribution in [-0.2, 0) is 6.54 Å². The number of rotatable bonds is 5. The van der Waals surface area contributed by atoms with Gasteiger partial charge in [-0.05, 0) is 31.7 Å². The van der Waals surface area contributed by atoms with Gasteiger partial charge in [-0.15, -0.1) is 11.3 Å². The number of aromatic nitrogens is 1. The Morgan fingerprint density at radius 2 is 2.18 bits per heavy atom. The molecular formula is C13H23N3S. The van der Waals surface area contributed by atoms with Crippen molar-refractivity contribution in [3.63, 3.8) is 0 Å². The molecule has 4 heteroatoms. The smallest absolute Gasteiger partial charge is 0.107 e. The van der Waals surface area contributed by atoms with Crippen LogP contribution in [0.3, 0.4) is 0 Å². The van der Waals surface area contributed by atoms with E-state index in [2.05, 4.69) is 15.7 Å². The second-order valence-corrected chi connectivity index (χ2v) is 6.19. The van der Waals surface area contributed by atoms with Crippen molar-refractivity contribution in [2.45, 2.75) is 45.6 Å². The van der Waals surface area contributed by atoms with Crippen LogP contribution in [0.15, 0.2) is 5.38 Å². The van der Waals surface area contributed by atoms with Gasteiger partial charge in [-0.1, -0.05) is 19.3 Å². The van der Waals surface area contributed by atoms with Crippen molar-refractivity contribution >= 4 is 11.3 Å². The molecular weight excluding hydrogens is 230 g/mol. The van der Waals surface area contributed by atoms with Crippen LogP contribution < -0.4 is 11.1 Å². The fourth-order valence-electron chi connectivity index (χ4n) is 2.67. The summed E-state index contributed by atoms with van der Waals surface area (Å²) in [5.74, 6) is 0. The summed E-state index contributed by atoms with van der Waals surface area (Å²) in [7, 11) is 0. The summed E-state index contributed by atoms with van der Waals surface area (Å²) in [6.45, 7) is 4.79. The lowest BCUT2D eigenvalue weighted by Gasteiger charge is -2.36. The summed E-state index contributed by atoms with van der Waals surface area (Å²) in [6.07, 6.45) is 6.64. The minimum absolute atomic E-state index is 0.352. The highest BCUT2D eigenvalue weighted by Crippen LogP contribution is 2.34. The zero-order valence-electron chi connectivity index (χ0n) is 10.7. The molecule has 96 valence electrons. The van der Waals surface area contributed by atoms with Gasteiger partial charge in [0.2, 0.25) is 0 Å². The molecule has 1 heterocycles. The van der Waals surface area contributed by atoms with Gasteiger partial charge in [0.05, 0.1) is 0 Å². The Morgan fingerprint density at radius 1 is 1.41 bits per heavy atom. The van der Waals surface area contributed by atoms with Crippen molar-refractivity contribution in [3.05, 3.63) is 16.1 Å². The molecule has 1 aromatic heterocycles. The van der Waals surface area contributed by atoms with E-state index < -0.39 is 0 Å². The van der Waals surface area contributed by atoms with Crippen LogP contribution >= 0.6 is 11.3 Å². The van der Waals surface area contributed by atoms with E-state index in [1.165, 1.54) is 37.1 Å². The van der Waals surface area contributed by atoms with Crippen LogP contribution in [-0.4, -0.2) is 18.1 Å². The van der Waals surface area contributed by atoms with E-state index in [-0.39, 0.29) is 0 Å². The van der Waals surface area contributed by atoms with Crippen molar-refractivity contribution in [3.8, 4) is 0 Å². The van der Waals surface area contributed by atoms with Gasteiger partial charge < -0.3 is 11.1 Å². The number of nitrogens with one attached hydrogen (secondary N) is 1. The Bertz CT molecular complexity index is 342. The third-order valence-corrected chi connectivity index (χ3v) is 4.76. The van der Waals surface area contributed by atoms with E-state index in [1.54, 1.807) is 11.3 Å². The van der Waals surface area contributed by atoms with Crippen LogP contribution in [0, 0.1) is 12.3 Å². The van der Waals surface area contributed by atoms with Crippen molar-refractivity contribution in [2.75, 3.05) is 13.1 Å². The van der Waals surface area contributed by atoms with E-state index in [0.29, 0.717) is 5.41 Å². The lowest BCUT2D eigenvalue weighted by molar-refractivity contribution is 0.191. The fraction of sp³-hybridized carbons (Fsp3) is 0.769. The molecule has 1 saturated carbocycles.